The molecular formula is C30H32N2O6. The molecule has 0 aliphatic carbocycles. The first-order valence-electron chi connectivity index (χ1n) is 12.3. The Morgan fingerprint density at radius 3 is 2.39 bits per heavy atom. The number of aliphatic hydroxyl groups excluding tert-OH is 2. The minimum Gasteiger partial charge on any atom is -0.493 e. The zero-order valence-corrected chi connectivity index (χ0v) is 21.7. The first-order valence-corrected chi connectivity index (χ1v) is 12.3. The molecule has 0 fully saturated rings. The fourth-order valence-corrected chi connectivity index (χ4v) is 4.75. The average molecular weight is 517 g/mol. The number of hydrogen-bond acceptors (Lipinski definition) is 7. The van der Waals surface area contributed by atoms with Crippen molar-refractivity contribution in [2.45, 2.75) is 18.4 Å². The summed E-state index contributed by atoms with van der Waals surface area (Å²) in [5.74, 6) is 6.80. The van der Waals surface area contributed by atoms with E-state index in [1.807, 2.05) is 24.3 Å². The van der Waals surface area contributed by atoms with E-state index in [1.165, 1.54) is 26.9 Å². The zero-order chi connectivity index (χ0) is 27.1. The molecule has 1 amide bonds. The Balaban J connectivity index is 1.64. The number of anilines is 1. The number of fused-ring (bicyclic) bond motifs is 1. The summed E-state index contributed by atoms with van der Waals surface area (Å²) in [6.45, 7) is 0.261. The number of benzene rings is 3. The van der Waals surface area contributed by atoms with Gasteiger partial charge in [-0.3, -0.25) is 4.79 Å². The Kier molecular flexibility index (Phi) is 8.74. The maximum absolute atomic E-state index is 13.4. The fraction of sp³-hybridized carbons (Fsp3) is 0.300. The van der Waals surface area contributed by atoms with Crippen LogP contribution >= 0.6 is 0 Å². The van der Waals surface area contributed by atoms with Gasteiger partial charge in [-0.25, -0.2) is 0 Å². The van der Waals surface area contributed by atoms with Crippen molar-refractivity contribution in [2.24, 2.45) is 0 Å². The molecule has 3 aromatic carbocycles. The van der Waals surface area contributed by atoms with E-state index in [1.54, 1.807) is 24.3 Å². The second-order valence-electron chi connectivity index (χ2n) is 8.93. The molecule has 3 aromatic rings. The van der Waals surface area contributed by atoms with E-state index >= 15 is 0 Å². The molecule has 198 valence electrons. The van der Waals surface area contributed by atoms with Crippen molar-refractivity contribution in [1.82, 2.24) is 5.32 Å². The van der Waals surface area contributed by atoms with E-state index in [4.69, 9.17) is 14.2 Å². The van der Waals surface area contributed by atoms with Crippen molar-refractivity contribution >= 4 is 11.6 Å². The maximum atomic E-state index is 13.4. The van der Waals surface area contributed by atoms with E-state index < -0.39 is 6.04 Å². The van der Waals surface area contributed by atoms with Gasteiger partial charge in [-0.15, -0.1) is 0 Å². The molecule has 2 unspecified atom stereocenters. The normalized spacial score (nSPS) is 14.4. The van der Waals surface area contributed by atoms with E-state index in [2.05, 4.69) is 28.5 Å². The number of aliphatic hydroxyl groups is 2. The monoisotopic (exact) mass is 516 g/mol. The Bertz CT molecular complexity index is 1340. The molecule has 0 saturated heterocycles. The number of hydrogen-bond donors (Lipinski definition) is 4. The number of methoxy groups -OCH3 is 3. The number of amides is 1. The third-order valence-corrected chi connectivity index (χ3v) is 6.57. The van der Waals surface area contributed by atoms with Crippen LogP contribution in [0.1, 0.15) is 33.8 Å². The smallest absolute Gasteiger partial charge is 0.251 e. The lowest BCUT2D eigenvalue weighted by molar-refractivity contribution is 0.0911. The van der Waals surface area contributed by atoms with Crippen LogP contribution in [0.4, 0.5) is 5.69 Å². The lowest BCUT2D eigenvalue weighted by atomic mass is 9.93. The van der Waals surface area contributed by atoms with Crippen LogP contribution in [0.5, 0.6) is 17.2 Å². The van der Waals surface area contributed by atoms with Gasteiger partial charge < -0.3 is 35.1 Å². The highest BCUT2D eigenvalue weighted by molar-refractivity contribution is 5.96. The first-order chi connectivity index (χ1) is 18.5. The van der Waals surface area contributed by atoms with Crippen LogP contribution in [0.2, 0.25) is 0 Å². The molecule has 2 atom stereocenters. The summed E-state index contributed by atoms with van der Waals surface area (Å²) in [4.78, 5) is 13.4. The molecule has 1 aliphatic heterocycles. The Morgan fingerprint density at radius 2 is 1.74 bits per heavy atom. The number of nitrogens with one attached hydrogen (secondary N) is 2. The average Bonchev–Trinajstić information content (AvgIpc) is 3.37. The Hall–Kier alpha value is -4.19. The molecule has 1 aliphatic rings. The summed E-state index contributed by atoms with van der Waals surface area (Å²) < 4.78 is 16.4. The van der Waals surface area contributed by atoms with Gasteiger partial charge in [0.1, 0.15) is 6.61 Å². The van der Waals surface area contributed by atoms with Gasteiger partial charge in [0.25, 0.3) is 5.91 Å². The predicted molar refractivity (Wildman–Crippen MR) is 146 cm³/mol. The highest BCUT2D eigenvalue weighted by atomic mass is 16.5. The predicted octanol–water partition coefficient (Wildman–Crippen LogP) is 3.41. The van der Waals surface area contributed by atoms with Gasteiger partial charge >= 0.3 is 0 Å². The van der Waals surface area contributed by atoms with Gasteiger partial charge in [0, 0.05) is 29.3 Å². The largest absolute Gasteiger partial charge is 0.493 e. The Labute approximate surface area is 222 Å². The first kappa shape index (κ1) is 26.9. The number of carbonyl (C=O) groups is 1. The summed E-state index contributed by atoms with van der Waals surface area (Å²) in [6.07, 6.45) is 0.593. The zero-order valence-electron chi connectivity index (χ0n) is 21.7. The molecule has 0 spiro atoms. The summed E-state index contributed by atoms with van der Waals surface area (Å²) in [5.41, 5.74) is 4.64. The second kappa shape index (κ2) is 12.4. The van der Waals surface area contributed by atoms with Gasteiger partial charge in [-0.1, -0.05) is 30.0 Å². The van der Waals surface area contributed by atoms with Crippen LogP contribution in [0.3, 0.4) is 0 Å². The number of carbonyl (C=O) groups excluding carboxylic acids is 1. The fourth-order valence-electron chi connectivity index (χ4n) is 4.75. The minimum atomic E-state index is -0.433. The van der Waals surface area contributed by atoms with Crippen LogP contribution < -0.4 is 24.8 Å². The molecule has 4 N–H and O–H groups in total. The van der Waals surface area contributed by atoms with Crippen molar-refractivity contribution in [2.75, 3.05) is 46.4 Å². The molecule has 1 heterocycles. The van der Waals surface area contributed by atoms with Crippen molar-refractivity contribution in [3.8, 4) is 40.2 Å². The quantitative estimate of drug-likeness (QED) is 0.323. The molecular weight excluding hydrogens is 484 g/mol. The van der Waals surface area contributed by atoms with Crippen LogP contribution in [0.15, 0.2) is 54.6 Å². The van der Waals surface area contributed by atoms with E-state index in [0.29, 0.717) is 40.4 Å². The van der Waals surface area contributed by atoms with Crippen molar-refractivity contribution < 1.29 is 29.2 Å². The topological polar surface area (TPSA) is 109 Å². The van der Waals surface area contributed by atoms with Crippen molar-refractivity contribution in [3.05, 3.63) is 71.3 Å². The standard InChI is InChI=1S/C30H32N2O6/c1-36-27-15-21(16-28(37-2)29(27)38-3)20-11-19(7-6-10-33)12-22(13-20)30(35)32-24(18-34)14-23-17-31-26-9-5-4-8-25(23)26/h4-5,8-9,11-13,15-16,23-24,31,33-34H,10,14,17-18H2,1-3H3,(H,32,35). The number of para-hydroxylation sites is 1. The molecule has 0 aromatic heterocycles. The summed E-state index contributed by atoms with van der Waals surface area (Å²) in [6, 6.07) is 16.5. The SMILES string of the molecule is COc1cc(-c2cc(C#CCO)cc(C(=O)NC(CO)CC3CNc4ccccc43)c2)cc(OC)c1OC. The highest BCUT2D eigenvalue weighted by Gasteiger charge is 2.26. The maximum Gasteiger partial charge on any atom is 0.251 e. The molecule has 8 nitrogen and oxygen atoms in total. The van der Waals surface area contributed by atoms with Gasteiger partial charge in [0.15, 0.2) is 11.5 Å². The van der Waals surface area contributed by atoms with Crippen LogP contribution in [0.25, 0.3) is 11.1 Å². The molecule has 4 rings (SSSR count). The van der Waals surface area contributed by atoms with Crippen LogP contribution in [0, 0.1) is 11.8 Å². The Morgan fingerprint density at radius 1 is 1.03 bits per heavy atom. The molecule has 0 radical (unpaired) electrons. The van der Waals surface area contributed by atoms with Gasteiger partial charge in [0.2, 0.25) is 5.75 Å². The third-order valence-electron chi connectivity index (χ3n) is 6.57. The van der Waals surface area contributed by atoms with Crippen molar-refractivity contribution in [3.63, 3.8) is 0 Å². The highest BCUT2D eigenvalue weighted by Crippen LogP contribution is 2.41. The lowest BCUT2D eigenvalue weighted by Gasteiger charge is -2.21. The van der Waals surface area contributed by atoms with Gasteiger partial charge in [-0.2, -0.15) is 0 Å². The van der Waals surface area contributed by atoms with E-state index in [9.17, 15) is 15.0 Å². The van der Waals surface area contributed by atoms with Gasteiger partial charge in [0.05, 0.1) is 34.0 Å². The summed E-state index contributed by atoms with van der Waals surface area (Å²) >= 11 is 0. The number of ether oxygens (including phenoxy) is 3. The number of rotatable bonds is 9. The molecule has 38 heavy (non-hydrogen) atoms. The van der Waals surface area contributed by atoms with E-state index in [-0.39, 0.29) is 25.0 Å². The third kappa shape index (κ3) is 5.86. The lowest BCUT2D eigenvalue weighted by Crippen LogP contribution is -2.38. The molecule has 0 saturated carbocycles. The molecule has 0 bridgehead atoms. The van der Waals surface area contributed by atoms with Crippen LogP contribution in [-0.4, -0.2) is 63.2 Å². The summed E-state index contributed by atoms with van der Waals surface area (Å²) in [5, 5.41) is 25.7. The van der Waals surface area contributed by atoms with E-state index in [0.717, 1.165) is 17.8 Å². The van der Waals surface area contributed by atoms with Crippen LogP contribution in [-0.2, 0) is 0 Å². The second-order valence-corrected chi connectivity index (χ2v) is 8.93. The summed E-state index contributed by atoms with van der Waals surface area (Å²) in [7, 11) is 4.61. The van der Waals surface area contributed by atoms with Crippen molar-refractivity contribution in [1.29, 1.82) is 0 Å². The minimum absolute atomic E-state index is 0.181. The molecule has 8 heteroatoms. The van der Waals surface area contributed by atoms with Gasteiger partial charge in [-0.05, 0) is 59.5 Å².